The molecule has 1 amide bonds. The van der Waals surface area contributed by atoms with Gasteiger partial charge in [-0.15, -0.1) is 10.2 Å². The Balaban J connectivity index is 1.31. The Bertz CT molecular complexity index is 1100. The molecule has 0 spiro atoms. The molecule has 2 heterocycles. The molecule has 140 valence electrons. The second-order valence-electron chi connectivity index (χ2n) is 6.39. The Morgan fingerprint density at radius 1 is 0.964 bits per heavy atom. The topological polar surface area (TPSA) is 84.7 Å². The first-order valence-electron chi connectivity index (χ1n) is 9.07. The largest absolute Gasteiger partial charge is 0.367 e. The van der Waals surface area contributed by atoms with Gasteiger partial charge in [0.1, 0.15) is 5.82 Å². The van der Waals surface area contributed by atoms with Gasteiger partial charge in [-0.1, -0.05) is 36.4 Å². The first kappa shape index (κ1) is 17.7. The van der Waals surface area contributed by atoms with Crippen LogP contribution in [0.25, 0.3) is 16.6 Å². The summed E-state index contributed by atoms with van der Waals surface area (Å²) < 4.78 is 1.68. The first-order chi connectivity index (χ1) is 13.7. The van der Waals surface area contributed by atoms with Crippen molar-refractivity contribution < 1.29 is 4.79 Å². The predicted molar refractivity (Wildman–Crippen MR) is 109 cm³/mol. The molecule has 0 saturated heterocycles. The highest BCUT2D eigenvalue weighted by molar-refractivity contribution is 6.06. The molecule has 4 aromatic rings. The molecule has 28 heavy (non-hydrogen) atoms. The zero-order valence-electron chi connectivity index (χ0n) is 15.5. The Labute approximate surface area is 162 Å². The molecule has 0 aliphatic rings. The Kier molecular flexibility index (Phi) is 4.97. The van der Waals surface area contributed by atoms with Gasteiger partial charge in [0.15, 0.2) is 5.82 Å². The van der Waals surface area contributed by atoms with Gasteiger partial charge >= 0.3 is 0 Å². The molecule has 0 fully saturated rings. The number of aromatic nitrogens is 4. The zero-order chi connectivity index (χ0) is 19.3. The molecular formula is C21H20N6O. The Morgan fingerprint density at radius 3 is 2.61 bits per heavy atom. The van der Waals surface area contributed by atoms with Crippen LogP contribution in [0, 0.1) is 6.92 Å². The van der Waals surface area contributed by atoms with Crippen LogP contribution in [0.1, 0.15) is 16.1 Å². The van der Waals surface area contributed by atoms with Gasteiger partial charge in [-0.25, -0.2) is 4.68 Å². The molecule has 0 aliphatic heterocycles. The van der Waals surface area contributed by atoms with Gasteiger partial charge in [0.25, 0.3) is 5.91 Å². The van der Waals surface area contributed by atoms with E-state index in [1.54, 1.807) is 4.68 Å². The third kappa shape index (κ3) is 3.83. The van der Waals surface area contributed by atoms with Gasteiger partial charge in [-0.2, -0.15) is 5.10 Å². The maximum absolute atomic E-state index is 12.5. The van der Waals surface area contributed by atoms with E-state index in [0.717, 1.165) is 16.5 Å². The number of fused-ring (bicyclic) bond motifs is 1. The summed E-state index contributed by atoms with van der Waals surface area (Å²) in [6.07, 6.45) is 1.84. The lowest BCUT2D eigenvalue weighted by Crippen LogP contribution is -2.29. The van der Waals surface area contributed by atoms with Crippen LogP contribution in [0.2, 0.25) is 0 Å². The number of carbonyl (C=O) groups excluding carboxylic acids is 1. The fourth-order valence-corrected chi connectivity index (χ4v) is 2.97. The van der Waals surface area contributed by atoms with E-state index >= 15 is 0 Å². The number of rotatable bonds is 6. The molecule has 4 rings (SSSR count). The number of carbonyl (C=O) groups is 1. The molecule has 0 saturated carbocycles. The fraction of sp³-hybridized carbons (Fsp3) is 0.143. The van der Waals surface area contributed by atoms with Crippen molar-refractivity contribution in [3.8, 4) is 5.82 Å². The Hall–Kier alpha value is -3.74. The highest BCUT2D eigenvalue weighted by atomic mass is 16.1. The van der Waals surface area contributed by atoms with Crippen molar-refractivity contribution in [3.63, 3.8) is 0 Å². The van der Waals surface area contributed by atoms with Crippen molar-refractivity contribution >= 4 is 22.5 Å². The second-order valence-corrected chi connectivity index (χ2v) is 6.39. The summed E-state index contributed by atoms with van der Waals surface area (Å²) in [7, 11) is 0. The second kappa shape index (κ2) is 7.87. The van der Waals surface area contributed by atoms with E-state index in [1.165, 1.54) is 0 Å². The van der Waals surface area contributed by atoms with E-state index < -0.39 is 0 Å². The van der Waals surface area contributed by atoms with Crippen molar-refractivity contribution in [1.29, 1.82) is 0 Å². The minimum absolute atomic E-state index is 0.0888. The molecule has 7 nitrogen and oxygen atoms in total. The van der Waals surface area contributed by atoms with Crippen LogP contribution in [-0.4, -0.2) is 39.0 Å². The summed E-state index contributed by atoms with van der Waals surface area (Å²) in [5, 5.41) is 20.7. The zero-order valence-corrected chi connectivity index (χ0v) is 15.5. The number of hydrogen-bond acceptors (Lipinski definition) is 5. The average molecular weight is 372 g/mol. The minimum Gasteiger partial charge on any atom is -0.367 e. The number of nitrogens with zero attached hydrogens (tertiary/aromatic N) is 4. The number of anilines is 1. The molecule has 0 bridgehead atoms. The molecule has 0 aliphatic carbocycles. The van der Waals surface area contributed by atoms with E-state index in [1.807, 2.05) is 73.8 Å². The predicted octanol–water partition coefficient (Wildman–Crippen LogP) is 2.97. The van der Waals surface area contributed by atoms with Crippen LogP contribution in [0.5, 0.6) is 0 Å². The quantitative estimate of drug-likeness (QED) is 0.508. The maximum atomic E-state index is 12.5. The summed E-state index contributed by atoms with van der Waals surface area (Å²) in [4.78, 5) is 12.5. The van der Waals surface area contributed by atoms with Crippen LogP contribution in [-0.2, 0) is 0 Å². The minimum atomic E-state index is -0.0888. The first-order valence-corrected chi connectivity index (χ1v) is 9.07. The van der Waals surface area contributed by atoms with Crippen LogP contribution >= 0.6 is 0 Å². The van der Waals surface area contributed by atoms with Gasteiger partial charge in [0, 0.05) is 24.8 Å². The number of aryl methyl sites for hydroxylation is 1. The van der Waals surface area contributed by atoms with Crippen molar-refractivity contribution in [2.24, 2.45) is 0 Å². The van der Waals surface area contributed by atoms with Gasteiger partial charge in [-0.05, 0) is 42.0 Å². The van der Waals surface area contributed by atoms with Gasteiger partial charge < -0.3 is 10.6 Å². The van der Waals surface area contributed by atoms with E-state index in [2.05, 4.69) is 25.9 Å². The molecule has 2 aromatic heterocycles. The van der Waals surface area contributed by atoms with Crippen molar-refractivity contribution in [2.45, 2.75) is 6.92 Å². The summed E-state index contributed by atoms with van der Waals surface area (Å²) in [6.45, 7) is 2.95. The summed E-state index contributed by atoms with van der Waals surface area (Å²) >= 11 is 0. The smallest absolute Gasteiger partial charge is 0.251 e. The molecule has 2 aromatic carbocycles. The van der Waals surface area contributed by atoms with Gasteiger partial charge in [0.2, 0.25) is 0 Å². The number of benzene rings is 2. The SMILES string of the molecule is Cc1ccn(-c2ccc(NCCNC(=O)c3cccc4ccccc34)nn2)n1. The molecule has 0 unspecified atom stereocenters. The van der Waals surface area contributed by atoms with Gasteiger partial charge in [-0.3, -0.25) is 4.79 Å². The van der Waals surface area contributed by atoms with Crippen LogP contribution in [0.3, 0.4) is 0 Å². The van der Waals surface area contributed by atoms with Crippen molar-refractivity contribution in [3.05, 3.63) is 78.1 Å². The molecule has 7 heteroatoms. The highest BCUT2D eigenvalue weighted by Crippen LogP contribution is 2.18. The number of hydrogen-bond donors (Lipinski definition) is 2. The maximum Gasteiger partial charge on any atom is 0.251 e. The number of nitrogens with one attached hydrogen (secondary N) is 2. The van der Waals surface area contributed by atoms with E-state index in [4.69, 9.17) is 0 Å². The summed E-state index contributed by atoms with van der Waals surface area (Å²) in [6, 6.07) is 19.2. The molecule has 2 N–H and O–H groups in total. The monoisotopic (exact) mass is 372 g/mol. The van der Waals surface area contributed by atoms with Gasteiger partial charge in [0.05, 0.1) is 5.69 Å². The summed E-state index contributed by atoms with van der Waals surface area (Å²) in [5.41, 5.74) is 1.60. The highest BCUT2D eigenvalue weighted by Gasteiger charge is 2.08. The van der Waals surface area contributed by atoms with Crippen molar-refractivity contribution in [2.75, 3.05) is 18.4 Å². The average Bonchev–Trinajstić information content (AvgIpc) is 3.17. The van der Waals surface area contributed by atoms with E-state index in [-0.39, 0.29) is 5.91 Å². The van der Waals surface area contributed by atoms with Crippen molar-refractivity contribution in [1.82, 2.24) is 25.3 Å². The van der Waals surface area contributed by atoms with E-state index in [0.29, 0.717) is 30.3 Å². The van der Waals surface area contributed by atoms with Crippen LogP contribution in [0.15, 0.2) is 66.9 Å². The third-order valence-corrected chi connectivity index (χ3v) is 4.36. The standard InChI is InChI=1S/C21H20N6O/c1-15-11-14-27(26-15)20-10-9-19(24-25-20)22-12-13-23-21(28)18-8-4-6-16-5-2-3-7-17(16)18/h2-11,14H,12-13H2,1H3,(H,22,24)(H,23,28). The Morgan fingerprint density at radius 2 is 1.82 bits per heavy atom. The normalized spacial score (nSPS) is 10.8. The molecule has 0 radical (unpaired) electrons. The van der Waals surface area contributed by atoms with E-state index in [9.17, 15) is 4.79 Å². The van der Waals surface area contributed by atoms with Crippen LogP contribution in [0.4, 0.5) is 5.82 Å². The fourth-order valence-electron chi connectivity index (χ4n) is 2.97. The van der Waals surface area contributed by atoms with Crippen LogP contribution < -0.4 is 10.6 Å². The lowest BCUT2D eigenvalue weighted by molar-refractivity contribution is 0.0957. The number of amides is 1. The molecule has 0 atom stereocenters. The lowest BCUT2D eigenvalue weighted by atomic mass is 10.0. The lowest BCUT2D eigenvalue weighted by Gasteiger charge is -2.09. The summed E-state index contributed by atoms with van der Waals surface area (Å²) in [5.74, 6) is 1.21. The third-order valence-electron chi connectivity index (χ3n) is 4.36. The molecular weight excluding hydrogens is 352 g/mol.